The number of nitro groups is 1. The molecule has 1 rings (SSSR count). The van der Waals surface area contributed by atoms with Gasteiger partial charge in [0.2, 0.25) is 5.82 Å². The van der Waals surface area contributed by atoms with Crippen LogP contribution >= 0.6 is 11.8 Å². The SMILES string of the molecule is CCC(CSC)N(C)c1nc(C(=O)O)ccc1[N+](=O)[O-]. The molecule has 0 spiro atoms. The Hall–Kier alpha value is -1.83. The average molecular weight is 299 g/mol. The number of pyridine rings is 1. The molecular weight excluding hydrogens is 282 g/mol. The maximum atomic E-state index is 11.1. The second kappa shape index (κ2) is 7.09. The predicted molar refractivity (Wildman–Crippen MR) is 78.7 cm³/mol. The minimum Gasteiger partial charge on any atom is -0.477 e. The summed E-state index contributed by atoms with van der Waals surface area (Å²) in [6.45, 7) is 1.98. The number of aromatic carboxylic acids is 1. The van der Waals surface area contributed by atoms with Crippen LogP contribution in [0.3, 0.4) is 0 Å². The van der Waals surface area contributed by atoms with E-state index in [-0.39, 0.29) is 23.2 Å². The van der Waals surface area contributed by atoms with Crippen molar-refractivity contribution >= 4 is 29.2 Å². The van der Waals surface area contributed by atoms with Gasteiger partial charge >= 0.3 is 11.7 Å². The maximum absolute atomic E-state index is 11.1. The average Bonchev–Trinajstić information content (AvgIpc) is 2.43. The summed E-state index contributed by atoms with van der Waals surface area (Å²) in [7, 11) is 1.70. The van der Waals surface area contributed by atoms with Gasteiger partial charge in [-0.3, -0.25) is 10.1 Å². The lowest BCUT2D eigenvalue weighted by Gasteiger charge is -2.27. The normalized spacial score (nSPS) is 11.9. The standard InChI is InChI=1S/C12H17N3O4S/c1-4-8(7-20-3)14(2)11-10(15(18)19)6-5-9(13-11)12(16)17/h5-6,8H,4,7H2,1-3H3,(H,16,17). The van der Waals surface area contributed by atoms with Gasteiger partial charge in [0.25, 0.3) is 0 Å². The van der Waals surface area contributed by atoms with Crippen molar-refractivity contribution in [2.75, 3.05) is 24.0 Å². The lowest BCUT2D eigenvalue weighted by Crippen LogP contribution is -2.34. The van der Waals surface area contributed by atoms with E-state index in [1.807, 2.05) is 13.2 Å². The third-order valence-electron chi connectivity index (χ3n) is 2.98. The van der Waals surface area contributed by atoms with Gasteiger partial charge in [0.15, 0.2) is 5.69 Å². The zero-order chi connectivity index (χ0) is 15.3. The van der Waals surface area contributed by atoms with E-state index >= 15 is 0 Å². The molecule has 1 N–H and O–H groups in total. The highest BCUT2D eigenvalue weighted by Gasteiger charge is 2.25. The lowest BCUT2D eigenvalue weighted by atomic mass is 10.2. The van der Waals surface area contributed by atoms with Crippen LogP contribution in [0, 0.1) is 10.1 Å². The molecule has 1 heterocycles. The lowest BCUT2D eigenvalue weighted by molar-refractivity contribution is -0.384. The smallest absolute Gasteiger partial charge is 0.354 e. The number of hydrogen-bond acceptors (Lipinski definition) is 6. The maximum Gasteiger partial charge on any atom is 0.354 e. The molecule has 110 valence electrons. The van der Waals surface area contributed by atoms with Gasteiger partial charge in [0, 0.05) is 24.9 Å². The minimum absolute atomic E-state index is 0.0558. The molecule has 0 fully saturated rings. The molecule has 1 atom stereocenters. The molecule has 0 aliphatic heterocycles. The van der Waals surface area contributed by atoms with E-state index in [1.54, 1.807) is 23.7 Å². The number of carbonyl (C=O) groups is 1. The van der Waals surface area contributed by atoms with Gasteiger partial charge in [-0.05, 0) is 18.7 Å². The molecule has 0 saturated carbocycles. The molecule has 0 aromatic carbocycles. The largest absolute Gasteiger partial charge is 0.477 e. The first kappa shape index (κ1) is 16.2. The highest BCUT2D eigenvalue weighted by atomic mass is 32.2. The van der Waals surface area contributed by atoms with Gasteiger partial charge < -0.3 is 10.0 Å². The van der Waals surface area contributed by atoms with E-state index in [9.17, 15) is 14.9 Å². The molecule has 20 heavy (non-hydrogen) atoms. The number of hydrogen-bond donors (Lipinski definition) is 1. The summed E-state index contributed by atoms with van der Waals surface area (Å²) in [5.74, 6) is -0.327. The molecule has 7 nitrogen and oxygen atoms in total. The Bertz CT molecular complexity index is 509. The van der Waals surface area contributed by atoms with Crippen LogP contribution in [0.2, 0.25) is 0 Å². The first-order valence-electron chi connectivity index (χ1n) is 6.02. The minimum atomic E-state index is -1.20. The zero-order valence-corrected chi connectivity index (χ0v) is 12.4. The summed E-state index contributed by atoms with van der Waals surface area (Å²) in [5, 5.41) is 20.0. The fourth-order valence-electron chi connectivity index (χ4n) is 1.83. The van der Waals surface area contributed by atoms with Crippen molar-refractivity contribution in [1.29, 1.82) is 0 Å². The first-order valence-corrected chi connectivity index (χ1v) is 7.42. The summed E-state index contributed by atoms with van der Waals surface area (Å²) in [5.41, 5.74) is -0.381. The fourth-order valence-corrected chi connectivity index (χ4v) is 2.68. The Morgan fingerprint density at radius 2 is 2.25 bits per heavy atom. The summed E-state index contributed by atoms with van der Waals surface area (Å²) in [6.07, 6.45) is 2.74. The Morgan fingerprint density at radius 1 is 1.60 bits per heavy atom. The van der Waals surface area contributed by atoms with E-state index in [1.165, 1.54) is 6.07 Å². The molecule has 0 radical (unpaired) electrons. The third kappa shape index (κ3) is 3.60. The number of carboxylic acids is 1. The number of nitrogens with zero attached hydrogens (tertiary/aromatic N) is 3. The monoisotopic (exact) mass is 299 g/mol. The molecule has 1 unspecified atom stereocenters. The molecule has 0 saturated heterocycles. The Labute approximate surface area is 121 Å². The highest BCUT2D eigenvalue weighted by Crippen LogP contribution is 2.28. The Morgan fingerprint density at radius 3 is 2.70 bits per heavy atom. The van der Waals surface area contributed by atoms with Crippen LogP contribution in [0.4, 0.5) is 11.5 Å². The molecule has 0 amide bonds. The van der Waals surface area contributed by atoms with Gasteiger partial charge in [-0.15, -0.1) is 0 Å². The quantitative estimate of drug-likeness (QED) is 0.609. The zero-order valence-electron chi connectivity index (χ0n) is 11.6. The second-order valence-electron chi connectivity index (χ2n) is 4.23. The van der Waals surface area contributed by atoms with Crippen LogP contribution in [0.25, 0.3) is 0 Å². The van der Waals surface area contributed by atoms with E-state index in [0.717, 1.165) is 18.2 Å². The number of aromatic nitrogens is 1. The number of thioether (sulfide) groups is 1. The number of anilines is 1. The second-order valence-corrected chi connectivity index (χ2v) is 5.14. The molecule has 0 bridgehead atoms. The van der Waals surface area contributed by atoms with Crippen molar-refractivity contribution in [2.45, 2.75) is 19.4 Å². The molecule has 1 aromatic heterocycles. The van der Waals surface area contributed by atoms with Gasteiger partial charge in [-0.2, -0.15) is 11.8 Å². The highest BCUT2D eigenvalue weighted by molar-refractivity contribution is 7.98. The molecular formula is C12H17N3O4S. The Kier molecular flexibility index (Phi) is 5.75. The van der Waals surface area contributed by atoms with Gasteiger partial charge in [-0.1, -0.05) is 6.92 Å². The topological polar surface area (TPSA) is 96.6 Å². The van der Waals surface area contributed by atoms with E-state index < -0.39 is 10.9 Å². The first-order chi connectivity index (χ1) is 9.42. The van der Waals surface area contributed by atoms with Crippen molar-refractivity contribution < 1.29 is 14.8 Å². The molecule has 0 aliphatic rings. The van der Waals surface area contributed by atoms with Crippen LogP contribution < -0.4 is 4.90 Å². The molecule has 0 aliphatic carbocycles. The molecule has 1 aromatic rings. The summed E-state index contributed by atoms with van der Waals surface area (Å²) >= 11 is 1.63. The Balaban J connectivity index is 3.27. The third-order valence-corrected chi connectivity index (χ3v) is 3.70. The van der Waals surface area contributed by atoms with Crippen LogP contribution in [0.15, 0.2) is 12.1 Å². The van der Waals surface area contributed by atoms with E-state index in [0.29, 0.717) is 0 Å². The van der Waals surface area contributed by atoms with Crippen LogP contribution in [0.5, 0.6) is 0 Å². The summed E-state index contributed by atoms with van der Waals surface area (Å²) < 4.78 is 0. The summed E-state index contributed by atoms with van der Waals surface area (Å²) in [6, 6.07) is 2.39. The van der Waals surface area contributed by atoms with Crippen molar-refractivity contribution in [1.82, 2.24) is 4.98 Å². The molecule has 8 heteroatoms. The van der Waals surface area contributed by atoms with Crippen molar-refractivity contribution in [3.63, 3.8) is 0 Å². The van der Waals surface area contributed by atoms with Crippen molar-refractivity contribution in [2.24, 2.45) is 0 Å². The van der Waals surface area contributed by atoms with Gasteiger partial charge in [0.05, 0.1) is 4.92 Å². The van der Waals surface area contributed by atoms with E-state index in [2.05, 4.69) is 4.98 Å². The van der Waals surface area contributed by atoms with Crippen LogP contribution in [0.1, 0.15) is 23.8 Å². The van der Waals surface area contributed by atoms with Crippen LogP contribution in [-0.2, 0) is 0 Å². The van der Waals surface area contributed by atoms with Crippen LogP contribution in [-0.4, -0.2) is 46.1 Å². The number of carboxylic acid groups (broad SMARTS) is 1. The fraction of sp³-hybridized carbons (Fsp3) is 0.500. The predicted octanol–water partition coefficient (Wildman–Crippen LogP) is 2.27. The van der Waals surface area contributed by atoms with Gasteiger partial charge in [-0.25, -0.2) is 9.78 Å². The summed E-state index contributed by atoms with van der Waals surface area (Å²) in [4.78, 5) is 27.1. The van der Waals surface area contributed by atoms with Crippen molar-refractivity contribution in [3.8, 4) is 0 Å². The van der Waals surface area contributed by atoms with E-state index in [4.69, 9.17) is 5.11 Å². The number of rotatable bonds is 7. The van der Waals surface area contributed by atoms with Gasteiger partial charge in [0.1, 0.15) is 0 Å². The van der Waals surface area contributed by atoms with Crippen molar-refractivity contribution in [3.05, 3.63) is 27.9 Å².